The van der Waals surface area contributed by atoms with Crippen LogP contribution < -0.4 is 16.4 Å². The lowest BCUT2D eigenvalue weighted by atomic mass is 10.2. The fraction of sp³-hybridized carbons (Fsp3) is 0.118. The predicted molar refractivity (Wildman–Crippen MR) is 96.7 cm³/mol. The fourth-order valence-electron chi connectivity index (χ4n) is 2.83. The van der Waals surface area contributed by atoms with E-state index in [9.17, 15) is 14.4 Å². The van der Waals surface area contributed by atoms with Crippen LogP contribution in [0.5, 0.6) is 0 Å². The zero-order valence-electron chi connectivity index (χ0n) is 14.3. The first-order valence-corrected chi connectivity index (χ1v) is 8.07. The van der Waals surface area contributed by atoms with E-state index in [4.69, 9.17) is 0 Å². The third-order valence-corrected chi connectivity index (χ3v) is 4.18. The zero-order valence-corrected chi connectivity index (χ0v) is 14.3. The second kappa shape index (κ2) is 6.41. The van der Waals surface area contributed by atoms with Crippen molar-refractivity contribution in [3.63, 3.8) is 0 Å². The van der Waals surface area contributed by atoms with Crippen molar-refractivity contribution >= 4 is 33.8 Å². The second-order valence-corrected chi connectivity index (χ2v) is 5.93. The highest BCUT2D eigenvalue weighted by Gasteiger charge is 2.14. The van der Waals surface area contributed by atoms with Gasteiger partial charge in [-0.25, -0.2) is 4.98 Å². The van der Waals surface area contributed by atoms with E-state index >= 15 is 0 Å². The van der Waals surface area contributed by atoms with Gasteiger partial charge in [0.05, 0.1) is 11.8 Å². The number of para-hydroxylation sites is 1. The summed E-state index contributed by atoms with van der Waals surface area (Å²) >= 11 is 0. The van der Waals surface area contributed by atoms with Crippen LogP contribution in [0.4, 0.5) is 0 Å². The average molecular weight is 365 g/mol. The summed E-state index contributed by atoms with van der Waals surface area (Å²) in [5, 5.41) is 5.03. The minimum Gasteiger partial charge on any atom is -0.360 e. The molecular weight excluding hydrogens is 350 g/mol. The van der Waals surface area contributed by atoms with Crippen LogP contribution in [0.1, 0.15) is 10.4 Å². The van der Waals surface area contributed by atoms with Crippen molar-refractivity contribution in [2.24, 2.45) is 7.05 Å². The number of carbonyl (C=O) groups excluding carboxylic acids is 2. The molecule has 0 fully saturated rings. The van der Waals surface area contributed by atoms with E-state index < -0.39 is 11.8 Å². The number of aromatic amines is 1. The summed E-state index contributed by atoms with van der Waals surface area (Å²) in [5.74, 6) is -1.02. The quantitative estimate of drug-likeness (QED) is 0.443. The standard InChI is InChI=1S/C17H15N7O3/c1-23-15-12(7-20-23)17(27)24(9-19-15)8-14(25)21-22-16(26)11-6-18-13-5-3-2-4-10(11)13/h2-7,9,18H,8H2,1H3,(H,21,25)(H,22,26). The molecule has 3 heterocycles. The summed E-state index contributed by atoms with van der Waals surface area (Å²) in [4.78, 5) is 43.8. The van der Waals surface area contributed by atoms with Gasteiger partial charge in [0.2, 0.25) is 0 Å². The number of amides is 2. The first kappa shape index (κ1) is 16.5. The molecule has 0 aliphatic carbocycles. The molecule has 4 rings (SSSR count). The topological polar surface area (TPSA) is 127 Å². The van der Waals surface area contributed by atoms with Gasteiger partial charge in [-0.1, -0.05) is 18.2 Å². The van der Waals surface area contributed by atoms with Crippen molar-refractivity contribution in [1.29, 1.82) is 0 Å². The molecule has 136 valence electrons. The van der Waals surface area contributed by atoms with E-state index in [0.29, 0.717) is 16.6 Å². The van der Waals surface area contributed by atoms with Gasteiger partial charge in [-0.2, -0.15) is 5.10 Å². The maximum atomic E-state index is 12.3. The van der Waals surface area contributed by atoms with Crippen LogP contribution >= 0.6 is 0 Å². The lowest BCUT2D eigenvalue weighted by molar-refractivity contribution is -0.122. The first-order valence-electron chi connectivity index (χ1n) is 8.07. The van der Waals surface area contributed by atoms with E-state index in [1.807, 2.05) is 18.2 Å². The zero-order chi connectivity index (χ0) is 19.0. The Kier molecular flexibility index (Phi) is 3.92. The number of aromatic nitrogens is 5. The second-order valence-electron chi connectivity index (χ2n) is 5.93. The number of nitrogens with one attached hydrogen (secondary N) is 3. The van der Waals surface area contributed by atoms with Crippen molar-refractivity contribution < 1.29 is 9.59 Å². The number of nitrogens with zero attached hydrogens (tertiary/aromatic N) is 4. The van der Waals surface area contributed by atoms with E-state index in [2.05, 4.69) is 25.9 Å². The number of hydrogen-bond acceptors (Lipinski definition) is 5. The van der Waals surface area contributed by atoms with Gasteiger partial charge < -0.3 is 4.98 Å². The molecule has 0 atom stereocenters. The molecule has 0 saturated heterocycles. The Bertz CT molecular complexity index is 1230. The van der Waals surface area contributed by atoms with Crippen LogP contribution in [0.2, 0.25) is 0 Å². The summed E-state index contributed by atoms with van der Waals surface area (Å²) in [7, 11) is 1.67. The third-order valence-electron chi connectivity index (χ3n) is 4.18. The minimum atomic E-state index is -0.560. The van der Waals surface area contributed by atoms with Gasteiger partial charge in [-0.05, 0) is 6.07 Å². The van der Waals surface area contributed by atoms with Gasteiger partial charge in [-0.15, -0.1) is 0 Å². The summed E-state index contributed by atoms with van der Waals surface area (Å²) in [6, 6.07) is 7.32. The number of hydrogen-bond donors (Lipinski definition) is 3. The number of rotatable bonds is 3. The normalized spacial score (nSPS) is 11.0. The van der Waals surface area contributed by atoms with Crippen molar-refractivity contribution in [2.45, 2.75) is 6.54 Å². The Hall–Kier alpha value is -3.95. The fourth-order valence-corrected chi connectivity index (χ4v) is 2.83. The number of H-pyrrole nitrogens is 1. The molecular formula is C17H15N7O3. The number of fused-ring (bicyclic) bond motifs is 2. The minimum absolute atomic E-state index is 0.287. The third kappa shape index (κ3) is 2.92. The lowest BCUT2D eigenvalue weighted by Gasteiger charge is -2.08. The molecule has 0 radical (unpaired) electrons. The van der Waals surface area contributed by atoms with Crippen LogP contribution in [0.3, 0.4) is 0 Å². The van der Waals surface area contributed by atoms with Gasteiger partial charge in [0.1, 0.15) is 18.3 Å². The highest BCUT2D eigenvalue weighted by Crippen LogP contribution is 2.17. The largest absolute Gasteiger partial charge is 0.360 e. The van der Waals surface area contributed by atoms with E-state index in [1.165, 1.54) is 17.2 Å². The molecule has 0 unspecified atom stereocenters. The molecule has 0 aliphatic heterocycles. The Labute approximate surface area is 151 Å². The summed E-state index contributed by atoms with van der Waals surface area (Å²) in [5.41, 5.74) is 5.92. The molecule has 0 spiro atoms. The molecule has 0 aliphatic rings. The van der Waals surface area contributed by atoms with Gasteiger partial charge in [0.15, 0.2) is 5.65 Å². The molecule has 0 saturated carbocycles. The number of benzene rings is 1. The molecule has 3 aromatic heterocycles. The van der Waals surface area contributed by atoms with Gasteiger partial charge >= 0.3 is 0 Å². The van der Waals surface area contributed by atoms with Crippen molar-refractivity contribution in [1.82, 2.24) is 35.2 Å². The highest BCUT2D eigenvalue weighted by molar-refractivity contribution is 6.07. The Morgan fingerprint density at radius 3 is 2.85 bits per heavy atom. The maximum Gasteiger partial charge on any atom is 0.271 e. The van der Waals surface area contributed by atoms with Crippen molar-refractivity contribution in [3.05, 3.63) is 58.9 Å². The van der Waals surface area contributed by atoms with Crippen LogP contribution in [0, 0.1) is 0 Å². The smallest absolute Gasteiger partial charge is 0.271 e. The van der Waals surface area contributed by atoms with Crippen LogP contribution in [-0.4, -0.2) is 36.1 Å². The SMILES string of the molecule is Cn1ncc2c(=O)n(CC(=O)NNC(=O)c3c[nH]c4ccccc34)cnc21. The van der Waals surface area contributed by atoms with Crippen LogP contribution in [0.15, 0.2) is 47.8 Å². The molecule has 10 heteroatoms. The number of aryl methyl sites for hydroxylation is 1. The Morgan fingerprint density at radius 1 is 1.19 bits per heavy atom. The molecule has 3 N–H and O–H groups in total. The summed E-state index contributed by atoms with van der Waals surface area (Å²) in [6.45, 7) is -0.287. The van der Waals surface area contributed by atoms with E-state index in [0.717, 1.165) is 15.5 Å². The molecule has 0 bridgehead atoms. The molecule has 10 nitrogen and oxygen atoms in total. The van der Waals surface area contributed by atoms with Gasteiger partial charge in [-0.3, -0.25) is 34.5 Å². The van der Waals surface area contributed by atoms with Crippen LogP contribution in [-0.2, 0) is 18.4 Å². The van der Waals surface area contributed by atoms with Gasteiger partial charge in [0, 0.05) is 24.1 Å². The predicted octanol–water partition coefficient (Wildman–Crippen LogP) is 0.0725. The van der Waals surface area contributed by atoms with Crippen LogP contribution in [0.25, 0.3) is 21.9 Å². The summed E-state index contributed by atoms with van der Waals surface area (Å²) < 4.78 is 2.62. The van der Waals surface area contributed by atoms with E-state index in [1.54, 1.807) is 19.3 Å². The Balaban J connectivity index is 1.45. The van der Waals surface area contributed by atoms with E-state index in [-0.39, 0.29) is 12.1 Å². The van der Waals surface area contributed by atoms with Crippen molar-refractivity contribution in [3.8, 4) is 0 Å². The monoisotopic (exact) mass is 365 g/mol. The number of carbonyl (C=O) groups is 2. The molecule has 1 aromatic carbocycles. The molecule has 27 heavy (non-hydrogen) atoms. The number of hydrazine groups is 1. The first-order chi connectivity index (χ1) is 13.0. The maximum absolute atomic E-state index is 12.3. The molecule has 4 aromatic rings. The summed E-state index contributed by atoms with van der Waals surface area (Å²) in [6.07, 6.45) is 4.24. The average Bonchev–Trinajstić information content (AvgIpc) is 3.26. The van der Waals surface area contributed by atoms with Gasteiger partial charge in [0.25, 0.3) is 17.4 Å². The lowest BCUT2D eigenvalue weighted by Crippen LogP contribution is -2.44. The molecule has 2 amide bonds. The highest BCUT2D eigenvalue weighted by atomic mass is 16.2. The van der Waals surface area contributed by atoms with Crippen molar-refractivity contribution in [2.75, 3.05) is 0 Å². The Morgan fingerprint density at radius 2 is 2.00 bits per heavy atom.